The van der Waals surface area contributed by atoms with Crippen molar-refractivity contribution in [1.29, 1.82) is 0 Å². The van der Waals surface area contributed by atoms with Crippen molar-refractivity contribution in [3.05, 3.63) is 29.3 Å². The van der Waals surface area contributed by atoms with Crippen LogP contribution >= 0.6 is 11.8 Å². The Bertz CT molecular complexity index is 448. The number of hydrogen-bond acceptors (Lipinski definition) is 3. The Kier molecular flexibility index (Phi) is 7.10. The lowest BCUT2D eigenvalue weighted by atomic mass is 9.99. The third-order valence-electron chi connectivity index (χ3n) is 3.69. The molecule has 0 aliphatic heterocycles. The molecular weight excluding hydrogens is 270 g/mol. The summed E-state index contributed by atoms with van der Waals surface area (Å²) in [5.74, 6) is 0.276. The first-order valence-corrected chi connectivity index (χ1v) is 8.10. The SMILES string of the molecule is CC[C@H](C)[C@H](NCCSc1ccc(C)c(C)c1)C(=O)O. The summed E-state index contributed by atoms with van der Waals surface area (Å²) in [5, 5.41) is 12.3. The van der Waals surface area contributed by atoms with E-state index in [1.54, 1.807) is 11.8 Å². The molecule has 0 aromatic heterocycles. The van der Waals surface area contributed by atoms with Gasteiger partial charge in [0.1, 0.15) is 6.04 Å². The Balaban J connectivity index is 2.40. The van der Waals surface area contributed by atoms with Crippen molar-refractivity contribution in [2.75, 3.05) is 12.3 Å². The lowest BCUT2D eigenvalue weighted by Gasteiger charge is -2.20. The Labute approximate surface area is 126 Å². The number of aryl methyl sites for hydroxylation is 2. The molecule has 0 aliphatic rings. The molecule has 1 aromatic rings. The third-order valence-corrected chi connectivity index (χ3v) is 4.69. The smallest absolute Gasteiger partial charge is 0.320 e. The number of thioether (sulfide) groups is 1. The molecule has 2 N–H and O–H groups in total. The number of carboxylic acids is 1. The van der Waals surface area contributed by atoms with E-state index in [1.807, 2.05) is 13.8 Å². The molecule has 3 nitrogen and oxygen atoms in total. The van der Waals surface area contributed by atoms with E-state index in [2.05, 4.69) is 37.4 Å². The summed E-state index contributed by atoms with van der Waals surface area (Å²) >= 11 is 1.76. The highest BCUT2D eigenvalue weighted by molar-refractivity contribution is 7.99. The number of hydrogen-bond donors (Lipinski definition) is 2. The van der Waals surface area contributed by atoms with E-state index < -0.39 is 12.0 Å². The van der Waals surface area contributed by atoms with Crippen LogP contribution in [0.4, 0.5) is 0 Å². The zero-order valence-electron chi connectivity index (χ0n) is 12.8. The molecule has 4 heteroatoms. The van der Waals surface area contributed by atoms with E-state index in [0.717, 1.165) is 12.2 Å². The largest absolute Gasteiger partial charge is 0.480 e. The van der Waals surface area contributed by atoms with Crippen LogP contribution in [0, 0.1) is 19.8 Å². The highest BCUT2D eigenvalue weighted by Crippen LogP contribution is 2.20. The van der Waals surface area contributed by atoms with Crippen molar-refractivity contribution in [2.24, 2.45) is 5.92 Å². The van der Waals surface area contributed by atoms with Crippen LogP contribution in [0.5, 0.6) is 0 Å². The molecule has 0 radical (unpaired) electrons. The lowest BCUT2D eigenvalue weighted by Crippen LogP contribution is -2.42. The first-order chi connectivity index (χ1) is 9.45. The van der Waals surface area contributed by atoms with Gasteiger partial charge in [0, 0.05) is 17.2 Å². The van der Waals surface area contributed by atoms with Crippen LogP contribution < -0.4 is 5.32 Å². The maximum atomic E-state index is 11.2. The summed E-state index contributed by atoms with van der Waals surface area (Å²) in [6.45, 7) is 8.92. The molecule has 0 saturated carbocycles. The zero-order chi connectivity index (χ0) is 15.1. The molecule has 112 valence electrons. The molecule has 0 unspecified atom stereocenters. The van der Waals surface area contributed by atoms with E-state index in [9.17, 15) is 9.90 Å². The minimum absolute atomic E-state index is 0.152. The molecule has 1 aromatic carbocycles. The van der Waals surface area contributed by atoms with Crippen molar-refractivity contribution in [1.82, 2.24) is 5.32 Å². The van der Waals surface area contributed by atoms with E-state index in [0.29, 0.717) is 6.54 Å². The van der Waals surface area contributed by atoms with Crippen molar-refractivity contribution < 1.29 is 9.90 Å². The number of aliphatic carboxylic acids is 1. The van der Waals surface area contributed by atoms with Gasteiger partial charge in [0.25, 0.3) is 0 Å². The highest BCUT2D eigenvalue weighted by atomic mass is 32.2. The molecule has 0 bridgehead atoms. The van der Waals surface area contributed by atoms with Crippen LogP contribution in [0.2, 0.25) is 0 Å². The second kappa shape index (κ2) is 8.32. The summed E-state index contributed by atoms with van der Waals surface area (Å²) < 4.78 is 0. The second-order valence-electron chi connectivity index (χ2n) is 5.25. The molecule has 20 heavy (non-hydrogen) atoms. The van der Waals surface area contributed by atoms with Gasteiger partial charge in [0.15, 0.2) is 0 Å². The van der Waals surface area contributed by atoms with Crippen molar-refractivity contribution in [2.45, 2.75) is 45.1 Å². The van der Waals surface area contributed by atoms with Crippen LogP contribution in [0.1, 0.15) is 31.4 Å². The monoisotopic (exact) mass is 295 g/mol. The molecule has 0 spiro atoms. The van der Waals surface area contributed by atoms with Gasteiger partial charge in [0.05, 0.1) is 0 Å². The number of benzene rings is 1. The van der Waals surface area contributed by atoms with Gasteiger partial charge < -0.3 is 10.4 Å². The van der Waals surface area contributed by atoms with Crippen LogP contribution in [0.3, 0.4) is 0 Å². The first kappa shape index (κ1) is 17.1. The van der Waals surface area contributed by atoms with Gasteiger partial charge >= 0.3 is 5.97 Å². The van der Waals surface area contributed by atoms with Gasteiger partial charge in [-0.15, -0.1) is 11.8 Å². The van der Waals surface area contributed by atoms with Gasteiger partial charge in [0.2, 0.25) is 0 Å². The molecule has 0 fully saturated rings. The number of rotatable bonds is 8. The normalized spacial score (nSPS) is 14.0. The number of carboxylic acid groups (broad SMARTS) is 1. The molecule has 2 atom stereocenters. The third kappa shape index (κ3) is 5.17. The molecule has 0 amide bonds. The summed E-state index contributed by atoms with van der Waals surface area (Å²) in [4.78, 5) is 12.4. The van der Waals surface area contributed by atoms with Crippen LogP contribution in [-0.4, -0.2) is 29.4 Å². The van der Waals surface area contributed by atoms with Crippen LogP contribution in [0.25, 0.3) is 0 Å². The predicted molar refractivity (Wildman–Crippen MR) is 85.5 cm³/mol. The summed E-state index contributed by atoms with van der Waals surface area (Å²) in [6.07, 6.45) is 0.869. The maximum Gasteiger partial charge on any atom is 0.320 e. The highest BCUT2D eigenvalue weighted by Gasteiger charge is 2.22. The first-order valence-electron chi connectivity index (χ1n) is 7.12. The fourth-order valence-electron chi connectivity index (χ4n) is 1.95. The minimum Gasteiger partial charge on any atom is -0.480 e. The number of carbonyl (C=O) groups is 1. The topological polar surface area (TPSA) is 49.3 Å². The number of nitrogens with one attached hydrogen (secondary N) is 1. The second-order valence-corrected chi connectivity index (χ2v) is 6.42. The molecule has 0 saturated heterocycles. The zero-order valence-corrected chi connectivity index (χ0v) is 13.6. The average Bonchev–Trinajstić information content (AvgIpc) is 2.41. The molecule has 1 rings (SSSR count). The fraction of sp³-hybridized carbons (Fsp3) is 0.562. The van der Waals surface area contributed by atoms with E-state index in [-0.39, 0.29) is 5.92 Å². The predicted octanol–water partition coefficient (Wildman–Crippen LogP) is 3.48. The fourth-order valence-corrected chi connectivity index (χ4v) is 2.83. The van der Waals surface area contributed by atoms with Gasteiger partial charge in [-0.2, -0.15) is 0 Å². The van der Waals surface area contributed by atoms with Crippen LogP contribution in [-0.2, 0) is 4.79 Å². The molecule has 0 aliphatic carbocycles. The summed E-state index contributed by atoms with van der Waals surface area (Å²) in [7, 11) is 0. The van der Waals surface area contributed by atoms with Crippen molar-refractivity contribution in [3.63, 3.8) is 0 Å². The Morgan fingerprint density at radius 2 is 2.05 bits per heavy atom. The van der Waals surface area contributed by atoms with Gasteiger partial charge in [-0.05, 0) is 43.0 Å². The van der Waals surface area contributed by atoms with Crippen LogP contribution in [0.15, 0.2) is 23.1 Å². The Morgan fingerprint density at radius 1 is 1.35 bits per heavy atom. The molecule has 0 heterocycles. The van der Waals surface area contributed by atoms with Gasteiger partial charge in [-0.1, -0.05) is 26.3 Å². The Hall–Kier alpha value is -1.00. The Morgan fingerprint density at radius 3 is 2.60 bits per heavy atom. The molecular formula is C16H25NO2S. The van der Waals surface area contributed by atoms with E-state index >= 15 is 0 Å². The standard InChI is InChI=1S/C16H25NO2S/c1-5-11(2)15(16(18)19)17-8-9-20-14-7-6-12(3)13(4)10-14/h6-7,10-11,15,17H,5,8-9H2,1-4H3,(H,18,19)/t11-,15-/m0/s1. The average molecular weight is 295 g/mol. The van der Waals surface area contributed by atoms with Crippen molar-refractivity contribution >= 4 is 17.7 Å². The summed E-state index contributed by atoms with van der Waals surface area (Å²) in [5.41, 5.74) is 2.60. The van der Waals surface area contributed by atoms with E-state index in [1.165, 1.54) is 16.0 Å². The summed E-state index contributed by atoms with van der Waals surface area (Å²) in [6, 6.07) is 5.99. The van der Waals surface area contributed by atoms with Crippen molar-refractivity contribution in [3.8, 4) is 0 Å². The lowest BCUT2D eigenvalue weighted by molar-refractivity contribution is -0.140. The quantitative estimate of drug-likeness (QED) is 0.569. The maximum absolute atomic E-state index is 11.2. The van der Waals surface area contributed by atoms with Gasteiger partial charge in [-0.3, -0.25) is 4.79 Å². The van der Waals surface area contributed by atoms with E-state index in [4.69, 9.17) is 0 Å². The van der Waals surface area contributed by atoms with Gasteiger partial charge in [-0.25, -0.2) is 0 Å². The minimum atomic E-state index is -0.754.